The maximum absolute atomic E-state index is 11.9. The quantitative estimate of drug-likeness (QED) is 0.837. The smallest absolute Gasteiger partial charge is 0.224 e. The molecule has 88 valence electrons. The summed E-state index contributed by atoms with van der Waals surface area (Å²) in [6.45, 7) is 2.46. The Hall–Kier alpha value is -1.29. The predicted molar refractivity (Wildman–Crippen MR) is 60.8 cm³/mol. The largest absolute Gasteiger partial charge is 0.467 e. The first-order chi connectivity index (χ1) is 7.75. The fourth-order valence-electron chi connectivity index (χ4n) is 2.11. The van der Waals surface area contributed by atoms with E-state index in [1.807, 2.05) is 12.1 Å². The third-order valence-corrected chi connectivity index (χ3v) is 3.01. The number of carbonyl (C=O) groups excluding carboxylic acids is 1. The van der Waals surface area contributed by atoms with E-state index in [9.17, 15) is 4.79 Å². The first-order valence-electron chi connectivity index (χ1n) is 5.74. The number of hydrogen-bond donors (Lipinski definition) is 1. The Labute approximate surface area is 95.6 Å². The van der Waals surface area contributed by atoms with Crippen LogP contribution in [-0.2, 0) is 11.3 Å². The van der Waals surface area contributed by atoms with Crippen LogP contribution in [0.3, 0.4) is 0 Å². The summed E-state index contributed by atoms with van der Waals surface area (Å²) in [5, 5.41) is 2.92. The monoisotopic (exact) mass is 222 g/mol. The van der Waals surface area contributed by atoms with Gasteiger partial charge in [-0.05, 0) is 38.6 Å². The Morgan fingerprint density at radius 2 is 2.56 bits per heavy atom. The zero-order valence-electron chi connectivity index (χ0n) is 9.61. The minimum atomic E-state index is 0.133. The molecule has 0 radical (unpaired) electrons. The van der Waals surface area contributed by atoms with Crippen molar-refractivity contribution in [3.8, 4) is 0 Å². The molecule has 0 aromatic carbocycles. The summed E-state index contributed by atoms with van der Waals surface area (Å²) in [7, 11) is 2.06. The lowest BCUT2D eigenvalue weighted by Gasteiger charge is -2.28. The van der Waals surface area contributed by atoms with E-state index in [1.165, 1.54) is 0 Å². The standard InChI is InChI=1S/C12H18N2O2/c1-14-6-2-4-10(9-14)12(15)13-8-11-5-3-7-16-11/h3,5,7,10H,2,4,6,8-9H2,1H3,(H,13,15)/t10-/m1/s1. The number of hydrogen-bond acceptors (Lipinski definition) is 3. The van der Waals surface area contributed by atoms with Gasteiger partial charge in [-0.15, -0.1) is 0 Å². The molecule has 16 heavy (non-hydrogen) atoms. The summed E-state index contributed by atoms with van der Waals surface area (Å²) in [5.74, 6) is 1.08. The van der Waals surface area contributed by atoms with E-state index in [0.29, 0.717) is 6.54 Å². The highest BCUT2D eigenvalue weighted by atomic mass is 16.3. The van der Waals surface area contributed by atoms with Gasteiger partial charge in [-0.1, -0.05) is 0 Å². The molecule has 0 bridgehead atoms. The maximum Gasteiger partial charge on any atom is 0.224 e. The summed E-state index contributed by atoms with van der Waals surface area (Å²) in [4.78, 5) is 14.1. The molecule has 1 amide bonds. The first-order valence-corrected chi connectivity index (χ1v) is 5.74. The molecular formula is C12H18N2O2. The zero-order valence-corrected chi connectivity index (χ0v) is 9.61. The number of piperidine rings is 1. The van der Waals surface area contributed by atoms with Crippen molar-refractivity contribution < 1.29 is 9.21 Å². The van der Waals surface area contributed by atoms with Gasteiger partial charge in [-0.2, -0.15) is 0 Å². The Morgan fingerprint density at radius 3 is 3.25 bits per heavy atom. The van der Waals surface area contributed by atoms with Crippen molar-refractivity contribution in [1.82, 2.24) is 10.2 Å². The molecule has 2 heterocycles. The van der Waals surface area contributed by atoms with Gasteiger partial charge in [0.2, 0.25) is 5.91 Å². The average Bonchev–Trinajstić information content (AvgIpc) is 2.78. The second-order valence-corrected chi connectivity index (χ2v) is 4.40. The van der Waals surface area contributed by atoms with Crippen LogP contribution in [0.4, 0.5) is 0 Å². The van der Waals surface area contributed by atoms with Crippen LogP contribution in [0, 0.1) is 5.92 Å². The summed E-state index contributed by atoms with van der Waals surface area (Å²) >= 11 is 0. The van der Waals surface area contributed by atoms with Gasteiger partial charge in [-0.25, -0.2) is 0 Å². The molecule has 1 atom stereocenters. The molecule has 1 fully saturated rings. The third kappa shape index (κ3) is 2.85. The van der Waals surface area contributed by atoms with Gasteiger partial charge < -0.3 is 14.6 Å². The molecule has 0 unspecified atom stereocenters. The minimum absolute atomic E-state index is 0.133. The van der Waals surface area contributed by atoms with Crippen LogP contribution >= 0.6 is 0 Å². The van der Waals surface area contributed by atoms with Crippen molar-refractivity contribution >= 4 is 5.91 Å². The first kappa shape index (κ1) is 11.2. The van der Waals surface area contributed by atoms with Gasteiger partial charge in [0.15, 0.2) is 0 Å². The number of nitrogens with one attached hydrogen (secondary N) is 1. The molecule has 0 saturated carbocycles. The number of rotatable bonds is 3. The lowest BCUT2D eigenvalue weighted by Crippen LogP contribution is -2.41. The van der Waals surface area contributed by atoms with E-state index in [2.05, 4.69) is 17.3 Å². The number of amides is 1. The van der Waals surface area contributed by atoms with Crippen LogP contribution < -0.4 is 5.32 Å². The van der Waals surface area contributed by atoms with Crippen molar-refractivity contribution in [3.05, 3.63) is 24.2 Å². The second-order valence-electron chi connectivity index (χ2n) is 4.40. The summed E-state index contributed by atoms with van der Waals surface area (Å²) < 4.78 is 5.17. The topological polar surface area (TPSA) is 45.5 Å². The summed E-state index contributed by atoms with van der Waals surface area (Å²) in [6.07, 6.45) is 3.72. The van der Waals surface area contributed by atoms with Crippen LogP contribution in [-0.4, -0.2) is 30.9 Å². The van der Waals surface area contributed by atoms with E-state index in [-0.39, 0.29) is 11.8 Å². The van der Waals surface area contributed by atoms with Crippen molar-refractivity contribution in [1.29, 1.82) is 0 Å². The Kier molecular flexibility index (Phi) is 3.62. The molecule has 1 aromatic heterocycles. The number of carbonyl (C=O) groups is 1. The highest BCUT2D eigenvalue weighted by Gasteiger charge is 2.23. The molecular weight excluding hydrogens is 204 g/mol. The summed E-state index contributed by atoms with van der Waals surface area (Å²) in [5.41, 5.74) is 0. The molecule has 1 saturated heterocycles. The summed E-state index contributed by atoms with van der Waals surface area (Å²) in [6, 6.07) is 3.70. The Morgan fingerprint density at radius 1 is 1.69 bits per heavy atom. The molecule has 2 rings (SSSR count). The highest BCUT2D eigenvalue weighted by molar-refractivity contribution is 5.78. The zero-order chi connectivity index (χ0) is 11.4. The lowest BCUT2D eigenvalue weighted by atomic mass is 9.98. The van der Waals surface area contributed by atoms with Gasteiger partial charge in [0.05, 0.1) is 18.7 Å². The van der Waals surface area contributed by atoms with Gasteiger partial charge in [0.1, 0.15) is 5.76 Å². The van der Waals surface area contributed by atoms with E-state index in [4.69, 9.17) is 4.42 Å². The molecule has 0 aliphatic carbocycles. The van der Waals surface area contributed by atoms with Crippen molar-refractivity contribution in [2.24, 2.45) is 5.92 Å². The molecule has 1 aromatic rings. The van der Waals surface area contributed by atoms with Crippen molar-refractivity contribution in [3.63, 3.8) is 0 Å². The highest BCUT2D eigenvalue weighted by Crippen LogP contribution is 2.15. The van der Waals surface area contributed by atoms with E-state index in [1.54, 1.807) is 6.26 Å². The fraction of sp³-hybridized carbons (Fsp3) is 0.583. The number of likely N-dealkylation sites (tertiary alicyclic amines) is 1. The molecule has 1 N–H and O–H groups in total. The number of nitrogens with zero attached hydrogens (tertiary/aromatic N) is 1. The third-order valence-electron chi connectivity index (χ3n) is 3.01. The van der Waals surface area contributed by atoms with Crippen LogP contribution in [0.15, 0.2) is 22.8 Å². The van der Waals surface area contributed by atoms with Gasteiger partial charge in [0, 0.05) is 6.54 Å². The fourth-order valence-corrected chi connectivity index (χ4v) is 2.11. The molecule has 0 spiro atoms. The Balaban J connectivity index is 1.79. The average molecular weight is 222 g/mol. The van der Waals surface area contributed by atoms with Gasteiger partial charge >= 0.3 is 0 Å². The second kappa shape index (κ2) is 5.16. The Bertz CT molecular complexity index is 335. The molecule has 4 nitrogen and oxygen atoms in total. The van der Waals surface area contributed by atoms with E-state index in [0.717, 1.165) is 31.7 Å². The van der Waals surface area contributed by atoms with E-state index >= 15 is 0 Å². The SMILES string of the molecule is CN1CCC[C@@H](C(=O)NCc2ccco2)C1. The van der Waals surface area contributed by atoms with Crippen molar-refractivity contribution in [2.45, 2.75) is 19.4 Å². The number of furan rings is 1. The predicted octanol–water partition coefficient (Wildman–Crippen LogP) is 1.24. The normalized spacial score (nSPS) is 21.9. The van der Waals surface area contributed by atoms with Crippen molar-refractivity contribution in [2.75, 3.05) is 20.1 Å². The van der Waals surface area contributed by atoms with Gasteiger partial charge in [-0.3, -0.25) is 4.79 Å². The van der Waals surface area contributed by atoms with Crippen LogP contribution in [0.1, 0.15) is 18.6 Å². The van der Waals surface area contributed by atoms with Crippen LogP contribution in [0.25, 0.3) is 0 Å². The lowest BCUT2D eigenvalue weighted by molar-refractivity contribution is -0.126. The minimum Gasteiger partial charge on any atom is -0.467 e. The molecule has 1 aliphatic rings. The van der Waals surface area contributed by atoms with E-state index < -0.39 is 0 Å². The molecule has 1 aliphatic heterocycles. The molecule has 4 heteroatoms. The van der Waals surface area contributed by atoms with Crippen LogP contribution in [0.5, 0.6) is 0 Å². The van der Waals surface area contributed by atoms with Crippen LogP contribution in [0.2, 0.25) is 0 Å². The van der Waals surface area contributed by atoms with Gasteiger partial charge in [0.25, 0.3) is 0 Å². The maximum atomic E-state index is 11.9.